The molecule has 4 aromatic rings. The Balaban J connectivity index is 1.16. The summed E-state index contributed by atoms with van der Waals surface area (Å²) in [5.74, 6) is 2.00. The number of hydrogen-bond donors (Lipinski definition) is 3. The molecule has 1 aliphatic heterocycles. The van der Waals surface area contributed by atoms with Crippen molar-refractivity contribution >= 4 is 23.4 Å². The summed E-state index contributed by atoms with van der Waals surface area (Å²) < 4.78 is 8.61. The first-order valence-corrected chi connectivity index (χ1v) is 16.6. The number of carbonyl (C=O) groups excluding carboxylic acids is 2. The van der Waals surface area contributed by atoms with E-state index in [1.807, 2.05) is 68.7 Å². The van der Waals surface area contributed by atoms with Crippen LogP contribution in [0.3, 0.4) is 0 Å². The lowest BCUT2D eigenvalue weighted by atomic mass is 9.85. The number of nitrogens with one attached hydrogen (secondary N) is 3. The predicted octanol–water partition coefficient (Wildman–Crippen LogP) is 5.54. The minimum Gasteiger partial charge on any atom is -0.484 e. The van der Waals surface area contributed by atoms with Crippen LogP contribution in [-0.4, -0.2) is 67.6 Å². The molecule has 1 aromatic carbocycles. The van der Waals surface area contributed by atoms with Gasteiger partial charge in [-0.05, 0) is 56.0 Å². The van der Waals surface area contributed by atoms with E-state index in [0.29, 0.717) is 24.5 Å². The van der Waals surface area contributed by atoms with Crippen LogP contribution < -0.4 is 20.7 Å². The molecule has 3 amide bonds. The third-order valence-corrected chi connectivity index (χ3v) is 9.11. The summed E-state index contributed by atoms with van der Waals surface area (Å²) in [4.78, 5) is 37.5. The quantitative estimate of drug-likeness (QED) is 0.217. The number of ether oxygens (including phenoxy) is 1. The topological polar surface area (TPSA) is 139 Å². The van der Waals surface area contributed by atoms with E-state index >= 15 is 0 Å². The largest absolute Gasteiger partial charge is 0.484 e. The van der Waals surface area contributed by atoms with Crippen LogP contribution in [0.2, 0.25) is 0 Å². The Bertz CT molecular complexity index is 1750. The van der Waals surface area contributed by atoms with Crippen LogP contribution in [0.25, 0.3) is 5.65 Å². The summed E-state index contributed by atoms with van der Waals surface area (Å²) in [6, 6.07) is 13.1. The van der Waals surface area contributed by atoms with Gasteiger partial charge in [0.25, 0.3) is 5.91 Å². The van der Waals surface area contributed by atoms with E-state index in [0.717, 1.165) is 54.3 Å². The molecule has 248 valence electrons. The molecular formula is C35H45N9O3. The summed E-state index contributed by atoms with van der Waals surface area (Å²) in [6.45, 7) is 11.9. The first kappa shape index (κ1) is 32.4. The van der Waals surface area contributed by atoms with Crippen LogP contribution in [0.15, 0.2) is 48.7 Å². The molecule has 2 atom stereocenters. The number of carbonyl (C=O) groups is 2. The highest BCUT2D eigenvalue weighted by atomic mass is 16.5. The minimum absolute atomic E-state index is 0.0435. The molecule has 3 N–H and O–H groups in total. The van der Waals surface area contributed by atoms with E-state index in [9.17, 15) is 9.59 Å². The normalized spacial score (nSPS) is 18.4. The molecule has 1 aliphatic carbocycles. The van der Waals surface area contributed by atoms with Gasteiger partial charge >= 0.3 is 6.03 Å². The van der Waals surface area contributed by atoms with Crippen LogP contribution in [0.5, 0.6) is 5.75 Å². The number of pyridine rings is 1. The maximum Gasteiger partial charge on any atom is 0.320 e. The van der Waals surface area contributed by atoms with Gasteiger partial charge in [0.05, 0.1) is 24.0 Å². The molecule has 0 spiro atoms. The lowest BCUT2D eigenvalue weighted by molar-refractivity contribution is 0.0847. The van der Waals surface area contributed by atoms with E-state index < -0.39 is 6.03 Å². The van der Waals surface area contributed by atoms with E-state index in [4.69, 9.17) is 4.74 Å². The summed E-state index contributed by atoms with van der Waals surface area (Å²) >= 11 is 0. The van der Waals surface area contributed by atoms with Gasteiger partial charge in [0, 0.05) is 30.5 Å². The number of urea groups is 1. The van der Waals surface area contributed by atoms with Gasteiger partial charge in [0.2, 0.25) is 5.82 Å². The van der Waals surface area contributed by atoms with Crippen molar-refractivity contribution in [2.24, 2.45) is 0 Å². The fraction of sp³-hybridized carbons (Fsp3) is 0.486. The van der Waals surface area contributed by atoms with Gasteiger partial charge in [-0.25, -0.2) is 14.8 Å². The number of likely N-dealkylation sites (N-methyl/N-ethyl adjacent to an activating group) is 1. The molecule has 0 radical (unpaired) electrons. The molecule has 2 aliphatic rings. The summed E-state index contributed by atoms with van der Waals surface area (Å²) in [7, 11) is 2.00. The maximum atomic E-state index is 13.4. The molecule has 0 saturated carbocycles. The number of nitrogens with zero attached hydrogens (tertiary/aromatic N) is 6. The Labute approximate surface area is 275 Å². The average molecular weight is 640 g/mol. The number of amides is 3. The standard InChI is InChI=1S/C35H45N9O3/c1-7-21(8-2)32-42-41-30-16-13-23(20-44(30)32)47-27-15-14-26(24-11-9-10-12-25(24)27)37-34(46)40-29-17-28(35(3,4)5)38-31(39-29)33(45)36-22-18-43(6)19-22/h9-13,16-17,20-22,26-27H,7-8,14-15,18-19H2,1-6H3,(H,36,45)(H2,37,38,39,40,46)/t26-,27+/m0/s1. The molecule has 0 unspecified atom stereocenters. The fourth-order valence-corrected chi connectivity index (χ4v) is 6.43. The van der Waals surface area contributed by atoms with Gasteiger partial charge in [0.1, 0.15) is 23.5 Å². The van der Waals surface area contributed by atoms with Crippen molar-refractivity contribution in [2.75, 3.05) is 25.5 Å². The van der Waals surface area contributed by atoms with Gasteiger partial charge < -0.3 is 20.3 Å². The van der Waals surface area contributed by atoms with E-state index in [1.54, 1.807) is 6.07 Å². The molecule has 1 fully saturated rings. The van der Waals surface area contributed by atoms with Crippen molar-refractivity contribution < 1.29 is 14.3 Å². The highest BCUT2D eigenvalue weighted by Gasteiger charge is 2.31. The number of anilines is 1. The molecule has 12 heteroatoms. The Morgan fingerprint density at radius 3 is 2.43 bits per heavy atom. The van der Waals surface area contributed by atoms with Crippen molar-refractivity contribution in [3.63, 3.8) is 0 Å². The first-order valence-electron chi connectivity index (χ1n) is 16.6. The maximum absolute atomic E-state index is 13.4. The van der Waals surface area contributed by atoms with E-state index in [2.05, 4.69) is 60.9 Å². The lowest BCUT2D eigenvalue weighted by Gasteiger charge is -2.36. The second kappa shape index (κ2) is 13.3. The zero-order chi connectivity index (χ0) is 33.3. The fourth-order valence-electron chi connectivity index (χ4n) is 6.43. The van der Waals surface area contributed by atoms with Crippen molar-refractivity contribution in [2.45, 2.75) is 89.8 Å². The number of hydrogen-bond acceptors (Lipinski definition) is 8. The predicted molar refractivity (Wildman–Crippen MR) is 180 cm³/mol. The van der Waals surface area contributed by atoms with E-state index in [1.165, 1.54) is 0 Å². The molecule has 6 rings (SSSR count). The third-order valence-electron chi connectivity index (χ3n) is 9.11. The summed E-state index contributed by atoms with van der Waals surface area (Å²) in [5, 5.41) is 17.8. The third kappa shape index (κ3) is 7.07. The highest BCUT2D eigenvalue weighted by molar-refractivity contribution is 5.93. The zero-order valence-electron chi connectivity index (χ0n) is 28.1. The minimum atomic E-state index is -0.401. The monoisotopic (exact) mass is 639 g/mol. The smallest absolute Gasteiger partial charge is 0.320 e. The number of rotatable bonds is 9. The summed E-state index contributed by atoms with van der Waals surface area (Å²) in [6.07, 6.45) is 5.18. The molecule has 3 aromatic heterocycles. The van der Waals surface area contributed by atoms with E-state index in [-0.39, 0.29) is 41.2 Å². The first-order chi connectivity index (χ1) is 22.5. The van der Waals surface area contributed by atoms with Crippen LogP contribution in [0.1, 0.15) is 112 Å². The molecule has 12 nitrogen and oxygen atoms in total. The average Bonchev–Trinajstić information content (AvgIpc) is 3.44. The second-order valence-corrected chi connectivity index (χ2v) is 13.7. The number of likely N-dealkylation sites (tertiary alicyclic amines) is 1. The zero-order valence-corrected chi connectivity index (χ0v) is 28.1. The second-order valence-electron chi connectivity index (χ2n) is 13.7. The molecule has 4 heterocycles. The number of fused-ring (bicyclic) bond motifs is 2. The van der Waals surface area contributed by atoms with Gasteiger partial charge in [-0.3, -0.25) is 14.5 Å². The van der Waals surface area contributed by atoms with Gasteiger partial charge in [-0.15, -0.1) is 10.2 Å². The van der Waals surface area contributed by atoms with Crippen molar-refractivity contribution in [3.05, 3.63) is 77.1 Å². The SMILES string of the molecule is CCC(CC)c1nnc2ccc(O[C@@H]3CC[C@H](NC(=O)Nc4cc(C(C)(C)C)nc(C(=O)NC5CN(C)C5)n4)c4ccccc43)cn12. The van der Waals surface area contributed by atoms with Crippen LogP contribution in [0.4, 0.5) is 10.6 Å². The summed E-state index contributed by atoms with van der Waals surface area (Å²) in [5.41, 5.74) is 3.15. The Hall–Kier alpha value is -4.58. The Morgan fingerprint density at radius 2 is 1.72 bits per heavy atom. The molecule has 1 saturated heterocycles. The Morgan fingerprint density at radius 1 is 0.979 bits per heavy atom. The van der Waals surface area contributed by atoms with Gasteiger partial charge in [-0.1, -0.05) is 58.9 Å². The molecule has 0 bridgehead atoms. The van der Waals surface area contributed by atoms with Gasteiger partial charge in [-0.2, -0.15) is 0 Å². The molecule has 47 heavy (non-hydrogen) atoms. The Kier molecular flexibility index (Phi) is 9.14. The number of benzene rings is 1. The molecular weight excluding hydrogens is 594 g/mol. The van der Waals surface area contributed by atoms with Crippen molar-refractivity contribution in [1.29, 1.82) is 0 Å². The van der Waals surface area contributed by atoms with Gasteiger partial charge in [0.15, 0.2) is 5.65 Å². The highest BCUT2D eigenvalue weighted by Crippen LogP contribution is 2.39. The lowest BCUT2D eigenvalue weighted by Crippen LogP contribution is -2.57. The number of aromatic nitrogens is 5. The van der Waals surface area contributed by atoms with Crippen LogP contribution in [-0.2, 0) is 5.41 Å². The van der Waals surface area contributed by atoms with Crippen LogP contribution >= 0.6 is 0 Å². The van der Waals surface area contributed by atoms with Crippen molar-refractivity contribution in [3.8, 4) is 5.75 Å². The van der Waals surface area contributed by atoms with Crippen molar-refractivity contribution in [1.82, 2.24) is 40.1 Å². The van der Waals surface area contributed by atoms with Crippen LogP contribution in [0, 0.1) is 0 Å².